The summed E-state index contributed by atoms with van der Waals surface area (Å²) in [4.78, 5) is 15.1. The van der Waals surface area contributed by atoms with Gasteiger partial charge in [-0.25, -0.2) is 0 Å². The first kappa shape index (κ1) is 12.4. The van der Waals surface area contributed by atoms with E-state index in [4.69, 9.17) is 5.11 Å². The second-order valence-corrected chi connectivity index (χ2v) is 4.48. The summed E-state index contributed by atoms with van der Waals surface area (Å²) in [6, 6.07) is 9.82. The number of hydrogen-bond donors (Lipinski definition) is 2. The number of nitrogens with zero attached hydrogens (tertiary/aromatic N) is 1. The molecule has 1 heterocycles. The van der Waals surface area contributed by atoms with Gasteiger partial charge in [-0.2, -0.15) is 0 Å². The average molecular weight is 244 g/mol. The molecule has 0 saturated carbocycles. The van der Waals surface area contributed by atoms with Gasteiger partial charge >= 0.3 is 5.97 Å². The molecule has 0 spiro atoms. The highest BCUT2D eigenvalue weighted by molar-refractivity contribution is 5.82. The van der Waals surface area contributed by atoms with Gasteiger partial charge in [0.1, 0.15) is 0 Å². The molecule has 0 bridgehead atoms. The van der Waals surface area contributed by atoms with Gasteiger partial charge in [0.15, 0.2) is 0 Å². The number of carboxylic acid groups (broad SMARTS) is 1. The molecule has 0 radical (unpaired) electrons. The minimum atomic E-state index is -0.791. The molecule has 1 unspecified atom stereocenters. The molecule has 1 atom stereocenters. The summed E-state index contributed by atoms with van der Waals surface area (Å²) in [5.74, 6) is -1.20. The van der Waals surface area contributed by atoms with E-state index in [-0.39, 0.29) is 0 Å². The second kappa shape index (κ2) is 5.04. The summed E-state index contributed by atoms with van der Waals surface area (Å²) in [6.07, 6.45) is 0. The number of hydrogen-bond acceptors (Lipinski definition) is 3. The maximum Gasteiger partial charge on any atom is 0.308 e. The fraction of sp³-hybridized carbons (Fsp3) is 0.286. The zero-order chi connectivity index (χ0) is 13.1. The van der Waals surface area contributed by atoms with E-state index in [2.05, 4.69) is 10.3 Å². The molecule has 0 amide bonds. The lowest BCUT2D eigenvalue weighted by molar-refractivity contribution is -0.140. The summed E-state index contributed by atoms with van der Waals surface area (Å²) < 4.78 is 0. The lowest BCUT2D eigenvalue weighted by atomic mass is 10.1. The third-order valence-electron chi connectivity index (χ3n) is 2.86. The standard InChI is InChI=1S/C14H16N2O2/c1-9(14(17)18)8-15-12-5-6-13-11(7-12)4-3-10(2)16-13/h3-7,9,15H,8H2,1-2H3,(H,17,18). The van der Waals surface area contributed by atoms with Crippen LogP contribution in [0.3, 0.4) is 0 Å². The molecule has 1 aromatic carbocycles. The Morgan fingerprint density at radius 3 is 2.89 bits per heavy atom. The zero-order valence-corrected chi connectivity index (χ0v) is 10.5. The zero-order valence-electron chi connectivity index (χ0n) is 10.5. The van der Waals surface area contributed by atoms with Crippen LogP contribution >= 0.6 is 0 Å². The number of anilines is 1. The third-order valence-corrected chi connectivity index (χ3v) is 2.86. The molecule has 1 aromatic heterocycles. The molecular weight excluding hydrogens is 228 g/mol. The molecular formula is C14H16N2O2. The van der Waals surface area contributed by atoms with Gasteiger partial charge in [-0.3, -0.25) is 9.78 Å². The van der Waals surface area contributed by atoms with E-state index < -0.39 is 11.9 Å². The Labute approximate surface area is 106 Å². The van der Waals surface area contributed by atoms with Gasteiger partial charge in [0.2, 0.25) is 0 Å². The smallest absolute Gasteiger partial charge is 0.308 e. The number of nitrogens with one attached hydrogen (secondary N) is 1. The molecule has 18 heavy (non-hydrogen) atoms. The first-order valence-corrected chi connectivity index (χ1v) is 5.90. The molecule has 0 saturated heterocycles. The monoisotopic (exact) mass is 244 g/mol. The molecule has 4 heteroatoms. The van der Waals surface area contributed by atoms with Crippen molar-refractivity contribution < 1.29 is 9.90 Å². The van der Waals surface area contributed by atoms with Crippen molar-refractivity contribution in [1.82, 2.24) is 4.98 Å². The maximum atomic E-state index is 10.7. The molecule has 0 aliphatic heterocycles. The van der Waals surface area contributed by atoms with Crippen LogP contribution in [0.1, 0.15) is 12.6 Å². The third kappa shape index (κ3) is 2.77. The van der Waals surface area contributed by atoms with E-state index in [0.717, 1.165) is 22.3 Å². The lowest BCUT2D eigenvalue weighted by Crippen LogP contribution is -2.19. The number of aliphatic carboxylic acids is 1. The fourth-order valence-corrected chi connectivity index (χ4v) is 1.70. The number of aromatic nitrogens is 1. The van der Waals surface area contributed by atoms with E-state index >= 15 is 0 Å². The highest BCUT2D eigenvalue weighted by Gasteiger charge is 2.09. The van der Waals surface area contributed by atoms with Gasteiger partial charge in [0.05, 0.1) is 11.4 Å². The average Bonchev–Trinajstić information content (AvgIpc) is 2.35. The highest BCUT2D eigenvalue weighted by atomic mass is 16.4. The van der Waals surface area contributed by atoms with Crippen molar-refractivity contribution in [1.29, 1.82) is 0 Å². The fourth-order valence-electron chi connectivity index (χ4n) is 1.70. The number of fused-ring (bicyclic) bond motifs is 1. The van der Waals surface area contributed by atoms with Gasteiger partial charge in [0.25, 0.3) is 0 Å². The summed E-state index contributed by atoms with van der Waals surface area (Å²) in [6.45, 7) is 4.06. The minimum absolute atomic E-state index is 0.406. The maximum absolute atomic E-state index is 10.7. The SMILES string of the molecule is Cc1ccc2cc(NCC(C)C(=O)O)ccc2n1. The van der Waals surface area contributed by atoms with Crippen molar-refractivity contribution in [2.75, 3.05) is 11.9 Å². The highest BCUT2D eigenvalue weighted by Crippen LogP contribution is 2.18. The van der Waals surface area contributed by atoms with Gasteiger partial charge in [-0.05, 0) is 31.2 Å². The Morgan fingerprint density at radius 1 is 1.39 bits per heavy atom. The topological polar surface area (TPSA) is 62.2 Å². The molecule has 4 nitrogen and oxygen atoms in total. The summed E-state index contributed by atoms with van der Waals surface area (Å²) >= 11 is 0. The number of benzene rings is 1. The Kier molecular flexibility index (Phi) is 3.46. The van der Waals surface area contributed by atoms with Crippen molar-refractivity contribution in [2.24, 2.45) is 5.92 Å². The van der Waals surface area contributed by atoms with Crippen molar-refractivity contribution in [3.8, 4) is 0 Å². The molecule has 0 aliphatic carbocycles. The second-order valence-electron chi connectivity index (χ2n) is 4.48. The van der Waals surface area contributed by atoms with E-state index in [1.54, 1.807) is 6.92 Å². The number of carbonyl (C=O) groups is 1. The van der Waals surface area contributed by atoms with Crippen molar-refractivity contribution in [2.45, 2.75) is 13.8 Å². The van der Waals surface area contributed by atoms with E-state index in [1.165, 1.54) is 0 Å². The molecule has 94 valence electrons. The van der Waals surface area contributed by atoms with E-state index in [9.17, 15) is 4.79 Å². The van der Waals surface area contributed by atoms with Crippen LogP contribution in [0.4, 0.5) is 5.69 Å². The van der Waals surface area contributed by atoms with Crippen LogP contribution in [-0.4, -0.2) is 22.6 Å². The van der Waals surface area contributed by atoms with Gasteiger partial charge in [0, 0.05) is 23.3 Å². The normalized spacial score (nSPS) is 12.3. The first-order valence-electron chi connectivity index (χ1n) is 5.90. The summed E-state index contributed by atoms with van der Waals surface area (Å²) in [7, 11) is 0. The first-order chi connectivity index (χ1) is 8.56. The lowest BCUT2D eigenvalue weighted by Gasteiger charge is -2.10. The molecule has 2 aromatic rings. The van der Waals surface area contributed by atoms with Crippen LogP contribution in [-0.2, 0) is 4.79 Å². The van der Waals surface area contributed by atoms with Crippen LogP contribution in [0.5, 0.6) is 0 Å². The van der Waals surface area contributed by atoms with Crippen LogP contribution < -0.4 is 5.32 Å². The Hall–Kier alpha value is -2.10. The Balaban J connectivity index is 2.15. The van der Waals surface area contributed by atoms with Crippen LogP contribution in [0.15, 0.2) is 30.3 Å². The number of aryl methyl sites for hydroxylation is 1. The largest absolute Gasteiger partial charge is 0.481 e. The van der Waals surface area contributed by atoms with Crippen molar-refractivity contribution in [3.63, 3.8) is 0 Å². The van der Waals surface area contributed by atoms with Gasteiger partial charge in [-0.15, -0.1) is 0 Å². The van der Waals surface area contributed by atoms with Crippen molar-refractivity contribution in [3.05, 3.63) is 36.0 Å². The summed E-state index contributed by atoms with van der Waals surface area (Å²) in [5, 5.41) is 13.0. The molecule has 0 aliphatic rings. The molecule has 0 fully saturated rings. The van der Waals surface area contributed by atoms with E-state index in [1.807, 2.05) is 37.3 Å². The van der Waals surface area contributed by atoms with Crippen LogP contribution in [0, 0.1) is 12.8 Å². The van der Waals surface area contributed by atoms with Crippen molar-refractivity contribution >= 4 is 22.6 Å². The van der Waals surface area contributed by atoms with Gasteiger partial charge in [-0.1, -0.05) is 13.0 Å². The van der Waals surface area contributed by atoms with Crippen LogP contribution in [0.25, 0.3) is 10.9 Å². The Bertz CT molecular complexity index is 581. The van der Waals surface area contributed by atoms with Crippen LogP contribution in [0.2, 0.25) is 0 Å². The molecule has 2 rings (SSSR count). The Morgan fingerprint density at radius 2 is 2.17 bits per heavy atom. The molecule has 2 N–H and O–H groups in total. The number of pyridine rings is 1. The number of carboxylic acids is 1. The summed E-state index contributed by atoms with van der Waals surface area (Å²) in [5.41, 5.74) is 2.86. The van der Waals surface area contributed by atoms with E-state index in [0.29, 0.717) is 6.54 Å². The predicted octanol–water partition coefficient (Wildman–Crippen LogP) is 2.68. The van der Waals surface area contributed by atoms with Gasteiger partial charge < -0.3 is 10.4 Å². The number of rotatable bonds is 4. The minimum Gasteiger partial charge on any atom is -0.481 e. The quantitative estimate of drug-likeness (QED) is 0.868. The predicted molar refractivity (Wildman–Crippen MR) is 71.8 cm³/mol.